The van der Waals surface area contributed by atoms with Crippen molar-refractivity contribution in [2.45, 2.75) is 26.9 Å². The van der Waals surface area contributed by atoms with Crippen molar-refractivity contribution in [3.05, 3.63) is 64.6 Å². The minimum atomic E-state index is -1.73. The number of H-pyrrole nitrogens is 1. The van der Waals surface area contributed by atoms with Gasteiger partial charge in [-0.2, -0.15) is 0 Å². The average molecular weight is 447 g/mol. The first kappa shape index (κ1) is 22.9. The molecule has 7 nitrogen and oxygen atoms in total. The maximum Gasteiger partial charge on any atom is 0.338 e. The van der Waals surface area contributed by atoms with Crippen molar-refractivity contribution < 1.29 is 32.3 Å². The SMILES string of the molecule is Cc1[nH]c2ccc(C(=O)OC(C)C(=O)NCC(=O)Nc3ccc(F)c(F)c3F)cc2c1C. The van der Waals surface area contributed by atoms with Gasteiger partial charge in [0.15, 0.2) is 23.6 Å². The van der Waals surface area contributed by atoms with Gasteiger partial charge in [0.25, 0.3) is 5.91 Å². The Morgan fingerprint density at radius 2 is 1.78 bits per heavy atom. The van der Waals surface area contributed by atoms with E-state index in [1.165, 1.54) is 6.92 Å². The van der Waals surface area contributed by atoms with Crippen LogP contribution in [0.2, 0.25) is 0 Å². The predicted molar refractivity (Wildman–Crippen MR) is 111 cm³/mol. The topological polar surface area (TPSA) is 100 Å². The van der Waals surface area contributed by atoms with Gasteiger partial charge in [0.2, 0.25) is 5.91 Å². The molecular weight excluding hydrogens is 427 g/mol. The van der Waals surface area contributed by atoms with E-state index in [2.05, 4.69) is 10.3 Å². The molecule has 2 amide bonds. The lowest BCUT2D eigenvalue weighted by Gasteiger charge is -2.14. The van der Waals surface area contributed by atoms with Crippen molar-refractivity contribution >= 4 is 34.4 Å². The number of ether oxygens (including phenoxy) is 1. The van der Waals surface area contributed by atoms with Crippen LogP contribution in [0.5, 0.6) is 0 Å². The number of halogens is 3. The Labute approximate surface area is 180 Å². The van der Waals surface area contributed by atoms with Gasteiger partial charge in [0, 0.05) is 16.6 Å². The number of esters is 1. The predicted octanol–water partition coefficient (Wildman–Crippen LogP) is 3.50. The van der Waals surface area contributed by atoms with Crippen LogP contribution in [0.4, 0.5) is 18.9 Å². The highest BCUT2D eigenvalue weighted by molar-refractivity contribution is 5.98. The Balaban J connectivity index is 1.55. The fraction of sp³-hybridized carbons (Fsp3) is 0.227. The Kier molecular flexibility index (Phi) is 6.52. The van der Waals surface area contributed by atoms with Crippen molar-refractivity contribution in [1.82, 2.24) is 10.3 Å². The van der Waals surface area contributed by atoms with E-state index in [-0.39, 0.29) is 5.56 Å². The van der Waals surface area contributed by atoms with Crippen molar-refractivity contribution in [3.8, 4) is 0 Å². The molecule has 1 aromatic heterocycles. The maximum atomic E-state index is 13.6. The number of aryl methyl sites for hydroxylation is 2. The standard InChI is InChI=1S/C22H20F3N3O4/c1-10-11(2)27-16-6-4-13(8-14(10)16)22(31)32-12(3)21(30)26-9-18(29)28-17-7-5-15(23)19(24)20(17)25/h4-8,12,27H,9H2,1-3H3,(H,26,30)(H,28,29). The lowest BCUT2D eigenvalue weighted by Crippen LogP contribution is -2.40. The fourth-order valence-corrected chi connectivity index (χ4v) is 3.00. The Hall–Kier alpha value is -3.82. The summed E-state index contributed by atoms with van der Waals surface area (Å²) in [5.41, 5.74) is 2.51. The van der Waals surface area contributed by atoms with Crippen molar-refractivity contribution in [2.24, 2.45) is 0 Å². The molecule has 3 aromatic rings. The number of anilines is 1. The molecule has 0 bridgehead atoms. The summed E-state index contributed by atoms with van der Waals surface area (Å²) in [6, 6.07) is 6.46. The van der Waals surface area contributed by atoms with Crippen molar-refractivity contribution in [1.29, 1.82) is 0 Å². The molecule has 0 saturated carbocycles. The van der Waals surface area contributed by atoms with E-state index in [1.807, 2.05) is 19.2 Å². The number of carbonyl (C=O) groups is 3. The van der Waals surface area contributed by atoms with E-state index in [1.54, 1.807) is 18.2 Å². The van der Waals surface area contributed by atoms with Crippen LogP contribution in [0.15, 0.2) is 30.3 Å². The molecule has 0 aliphatic rings. The molecule has 1 unspecified atom stereocenters. The van der Waals surface area contributed by atoms with Crippen LogP contribution in [0.3, 0.4) is 0 Å². The van der Waals surface area contributed by atoms with E-state index >= 15 is 0 Å². The number of benzene rings is 2. The zero-order chi connectivity index (χ0) is 23.6. The van der Waals surface area contributed by atoms with Crippen LogP contribution in [-0.4, -0.2) is 35.4 Å². The molecule has 0 aliphatic carbocycles. The summed E-state index contributed by atoms with van der Waals surface area (Å²) >= 11 is 0. The fourth-order valence-electron chi connectivity index (χ4n) is 3.00. The third-order valence-electron chi connectivity index (χ3n) is 4.93. The highest BCUT2D eigenvalue weighted by atomic mass is 19.2. The number of aromatic nitrogens is 1. The summed E-state index contributed by atoms with van der Waals surface area (Å²) in [5.74, 6) is -7.06. The van der Waals surface area contributed by atoms with Gasteiger partial charge in [-0.1, -0.05) is 0 Å². The first-order chi connectivity index (χ1) is 15.1. The van der Waals surface area contributed by atoms with Gasteiger partial charge in [-0.25, -0.2) is 18.0 Å². The van der Waals surface area contributed by atoms with Gasteiger partial charge < -0.3 is 20.4 Å². The number of carbonyl (C=O) groups excluding carboxylic acids is 3. The number of rotatable bonds is 6. The highest BCUT2D eigenvalue weighted by Gasteiger charge is 2.21. The minimum absolute atomic E-state index is 0.255. The highest BCUT2D eigenvalue weighted by Crippen LogP contribution is 2.23. The second kappa shape index (κ2) is 9.13. The minimum Gasteiger partial charge on any atom is -0.449 e. The summed E-state index contributed by atoms with van der Waals surface area (Å²) in [5, 5.41) is 5.10. The van der Waals surface area contributed by atoms with Crippen LogP contribution in [-0.2, 0) is 14.3 Å². The number of hydrogen-bond acceptors (Lipinski definition) is 4. The van der Waals surface area contributed by atoms with Crippen LogP contribution in [0.1, 0.15) is 28.5 Å². The largest absolute Gasteiger partial charge is 0.449 e. The van der Waals surface area contributed by atoms with E-state index in [4.69, 9.17) is 4.74 Å². The van der Waals surface area contributed by atoms with E-state index in [0.717, 1.165) is 28.2 Å². The normalized spacial score (nSPS) is 11.8. The molecule has 0 aliphatic heterocycles. The summed E-state index contributed by atoms with van der Waals surface area (Å²) < 4.78 is 44.9. The molecule has 3 N–H and O–H groups in total. The van der Waals surface area contributed by atoms with Crippen LogP contribution >= 0.6 is 0 Å². The van der Waals surface area contributed by atoms with Crippen molar-refractivity contribution in [3.63, 3.8) is 0 Å². The molecular formula is C22H20F3N3O4. The van der Waals surface area contributed by atoms with E-state index in [9.17, 15) is 27.6 Å². The first-order valence-corrected chi connectivity index (χ1v) is 9.59. The summed E-state index contributed by atoms with van der Waals surface area (Å²) in [6.07, 6.45) is -1.22. The lowest BCUT2D eigenvalue weighted by atomic mass is 10.1. The van der Waals surface area contributed by atoms with Gasteiger partial charge in [-0.15, -0.1) is 0 Å². The van der Waals surface area contributed by atoms with Gasteiger partial charge >= 0.3 is 5.97 Å². The van der Waals surface area contributed by atoms with Gasteiger partial charge in [0.1, 0.15) is 0 Å². The molecule has 0 saturated heterocycles. The Morgan fingerprint density at radius 1 is 1.06 bits per heavy atom. The van der Waals surface area contributed by atoms with Crippen LogP contribution in [0, 0.1) is 31.3 Å². The summed E-state index contributed by atoms with van der Waals surface area (Å²) in [4.78, 5) is 39.6. The van der Waals surface area contributed by atoms with Gasteiger partial charge in [0.05, 0.1) is 17.8 Å². The summed E-state index contributed by atoms with van der Waals surface area (Å²) in [6.45, 7) is 4.55. The number of aromatic amines is 1. The molecule has 0 radical (unpaired) electrons. The van der Waals surface area contributed by atoms with Crippen LogP contribution in [0.25, 0.3) is 10.9 Å². The third kappa shape index (κ3) is 4.74. The molecule has 1 atom stereocenters. The maximum absolute atomic E-state index is 13.6. The number of nitrogens with one attached hydrogen (secondary N) is 3. The summed E-state index contributed by atoms with van der Waals surface area (Å²) in [7, 11) is 0. The molecule has 0 fully saturated rings. The van der Waals surface area contributed by atoms with Crippen LogP contribution < -0.4 is 10.6 Å². The molecule has 10 heteroatoms. The number of hydrogen-bond donors (Lipinski definition) is 3. The Bertz CT molecular complexity index is 1220. The molecule has 1 heterocycles. The monoisotopic (exact) mass is 447 g/mol. The number of fused-ring (bicyclic) bond motifs is 1. The van der Waals surface area contributed by atoms with E-state index < -0.39 is 53.6 Å². The zero-order valence-electron chi connectivity index (χ0n) is 17.4. The average Bonchev–Trinajstić information content (AvgIpc) is 3.05. The van der Waals surface area contributed by atoms with Gasteiger partial charge in [-0.05, 0) is 56.7 Å². The Morgan fingerprint density at radius 3 is 2.50 bits per heavy atom. The van der Waals surface area contributed by atoms with Gasteiger partial charge in [-0.3, -0.25) is 9.59 Å². The molecule has 2 aromatic carbocycles. The van der Waals surface area contributed by atoms with Crippen molar-refractivity contribution in [2.75, 3.05) is 11.9 Å². The third-order valence-corrected chi connectivity index (χ3v) is 4.93. The second-order valence-electron chi connectivity index (χ2n) is 7.17. The first-order valence-electron chi connectivity index (χ1n) is 9.59. The van der Waals surface area contributed by atoms with E-state index in [0.29, 0.717) is 6.07 Å². The molecule has 0 spiro atoms. The quantitative estimate of drug-likeness (QED) is 0.398. The second-order valence-corrected chi connectivity index (χ2v) is 7.17. The molecule has 3 rings (SSSR count). The zero-order valence-corrected chi connectivity index (χ0v) is 17.4. The molecule has 168 valence electrons. The number of amides is 2. The smallest absolute Gasteiger partial charge is 0.338 e. The lowest BCUT2D eigenvalue weighted by molar-refractivity contribution is -0.130. The molecule has 32 heavy (non-hydrogen) atoms.